The van der Waals surface area contributed by atoms with Crippen molar-refractivity contribution in [2.75, 3.05) is 0 Å². The van der Waals surface area contributed by atoms with E-state index < -0.39 is 0 Å². The second-order valence-corrected chi connectivity index (χ2v) is 5.43. The Balaban J connectivity index is 2.09. The van der Waals surface area contributed by atoms with Gasteiger partial charge in [-0.05, 0) is 42.7 Å². The van der Waals surface area contributed by atoms with Crippen LogP contribution in [0.2, 0.25) is 0 Å². The number of rotatable bonds is 4. The summed E-state index contributed by atoms with van der Waals surface area (Å²) in [6.45, 7) is 5.95. The van der Waals surface area contributed by atoms with E-state index in [1.165, 1.54) is 5.56 Å². The molecule has 0 bridgehead atoms. The fourth-order valence-corrected chi connectivity index (χ4v) is 2.06. The number of hydrazone groups is 1. The molecule has 114 valence electrons. The molecule has 2 aromatic rings. The molecule has 0 aliphatic carbocycles. The van der Waals surface area contributed by atoms with Gasteiger partial charge in [0.2, 0.25) is 0 Å². The van der Waals surface area contributed by atoms with Gasteiger partial charge in [-0.1, -0.05) is 38.1 Å². The van der Waals surface area contributed by atoms with Crippen molar-refractivity contribution in [1.29, 1.82) is 0 Å². The van der Waals surface area contributed by atoms with E-state index in [1.54, 1.807) is 43.3 Å². The molecule has 0 aliphatic rings. The summed E-state index contributed by atoms with van der Waals surface area (Å²) in [5.74, 6) is 0.294. The van der Waals surface area contributed by atoms with Crippen molar-refractivity contribution < 1.29 is 9.90 Å². The van der Waals surface area contributed by atoms with Crippen LogP contribution in [-0.4, -0.2) is 16.7 Å². The number of aromatic hydroxyl groups is 1. The summed E-state index contributed by atoms with van der Waals surface area (Å²) in [6, 6.07) is 14.3. The van der Waals surface area contributed by atoms with E-state index in [-0.39, 0.29) is 11.7 Å². The Hall–Kier alpha value is -2.62. The van der Waals surface area contributed by atoms with Crippen molar-refractivity contribution >= 4 is 11.6 Å². The van der Waals surface area contributed by atoms with E-state index in [0.717, 1.165) is 0 Å². The van der Waals surface area contributed by atoms with E-state index in [0.29, 0.717) is 22.8 Å². The second-order valence-electron chi connectivity index (χ2n) is 5.43. The average Bonchev–Trinajstić information content (AvgIpc) is 2.52. The van der Waals surface area contributed by atoms with Gasteiger partial charge in [-0.2, -0.15) is 5.10 Å². The number of carbonyl (C=O) groups excluding carboxylic acids is 1. The highest BCUT2D eigenvalue weighted by atomic mass is 16.3. The van der Waals surface area contributed by atoms with Crippen LogP contribution >= 0.6 is 0 Å². The molecule has 2 aromatic carbocycles. The lowest BCUT2D eigenvalue weighted by atomic mass is 10.0. The van der Waals surface area contributed by atoms with Gasteiger partial charge >= 0.3 is 0 Å². The number of hydrogen-bond acceptors (Lipinski definition) is 3. The molecule has 0 aliphatic heterocycles. The Morgan fingerprint density at radius 2 is 1.73 bits per heavy atom. The van der Waals surface area contributed by atoms with Gasteiger partial charge in [-0.25, -0.2) is 5.43 Å². The third-order valence-corrected chi connectivity index (χ3v) is 3.46. The molecule has 2 N–H and O–H groups in total. The largest absolute Gasteiger partial charge is 0.507 e. The molecule has 1 amide bonds. The lowest BCUT2D eigenvalue weighted by Gasteiger charge is -2.07. The Morgan fingerprint density at radius 3 is 2.32 bits per heavy atom. The van der Waals surface area contributed by atoms with Gasteiger partial charge in [-0.15, -0.1) is 0 Å². The van der Waals surface area contributed by atoms with Crippen LogP contribution in [0.3, 0.4) is 0 Å². The minimum Gasteiger partial charge on any atom is -0.507 e. The number of benzene rings is 2. The molecule has 0 aromatic heterocycles. The van der Waals surface area contributed by atoms with Crippen LogP contribution < -0.4 is 5.43 Å². The van der Waals surface area contributed by atoms with E-state index in [9.17, 15) is 9.90 Å². The molecule has 0 radical (unpaired) electrons. The highest BCUT2D eigenvalue weighted by Gasteiger charge is 2.07. The number of nitrogens with zero attached hydrogens (tertiary/aromatic N) is 1. The molecule has 4 nitrogen and oxygen atoms in total. The first-order chi connectivity index (χ1) is 10.5. The topological polar surface area (TPSA) is 61.7 Å². The van der Waals surface area contributed by atoms with Gasteiger partial charge in [0.1, 0.15) is 5.75 Å². The standard InChI is InChI=1S/C18H20N2O2/c1-12(2)14-8-10-15(11-9-14)18(22)20-19-13(3)16-6-4-5-7-17(16)21/h4-12,21H,1-3H3,(H,20,22)/b19-13+. The number of amides is 1. The van der Waals surface area contributed by atoms with Crippen LogP contribution in [0.1, 0.15) is 48.2 Å². The molecule has 22 heavy (non-hydrogen) atoms. The Bertz CT molecular complexity index is 688. The van der Waals surface area contributed by atoms with Crippen molar-refractivity contribution in [3.63, 3.8) is 0 Å². The summed E-state index contributed by atoms with van der Waals surface area (Å²) in [5.41, 5.74) is 5.39. The van der Waals surface area contributed by atoms with Gasteiger partial charge in [0, 0.05) is 11.1 Å². The zero-order chi connectivity index (χ0) is 16.1. The average molecular weight is 296 g/mol. The molecule has 0 heterocycles. The smallest absolute Gasteiger partial charge is 0.271 e. The van der Waals surface area contributed by atoms with Gasteiger partial charge in [-0.3, -0.25) is 4.79 Å². The highest BCUT2D eigenvalue weighted by molar-refractivity contribution is 6.02. The monoisotopic (exact) mass is 296 g/mol. The number of carbonyl (C=O) groups is 1. The maximum atomic E-state index is 12.1. The summed E-state index contributed by atoms with van der Waals surface area (Å²) in [5, 5.41) is 13.8. The first kappa shape index (κ1) is 15.8. The Kier molecular flexibility index (Phi) is 4.94. The van der Waals surface area contributed by atoms with Gasteiger partial charge < -0.3 is 5.11 Å². The molecule has 0 spiro atoms. The molecule has 0 fully saturated rings. The van der Waals surface area contributed by atoms with Crippen LogP contribution in [-0.2, 0) is 0 Å². The Labute approximate surface area is 130 Å². The first-order valence-corrected chi connectivity index (χ1v) is 7.22. The lowest BCUT2D eigenvalue weighted by molar-refractivity contribution is 0.0955. The third kappa shape index (κ3) is 3.73. The number of phenolic OH excluding ortho intramolecular Hbond substituents is 1. The van der Waals surface area contributed by atoms with E-state index in [2.05, 4.69) is 24.4 Å². The van der Waals surface area contributed by atoms with Crippen LogP contribution in [0.15, 0.2) is 53.6 Å². The summed E-state index contributed by atoms with van der Waals surface area (Å²) >= 11 is 0. The molecule has 0 saturated heterocycles. The lowest BCUT2D eigenvalue weighted by Crippen LogP contribution is -2.19. The highest BCUT2D eigenvalue weighted by Crippen LogP contribution is 2.16. The number of phenols is 1. The predicted molar refractivity (Wildman–Crippen MR) is 88.3 cm³/mol. The second kappa shape index (κ2) is 6.89. The number of para-hydroxylation sites is 1. The van der Waals surface area contributed by atoms with Gasteiger partial charge in [0.15, 0.2) is 0 Å². The molecule has 2 rings (SSSR count). The van der Waals surface area contributed by atoms with Gasteiger partial charge in [0.05, 0.1) is 5.71 Å². The fourth-order valence-electron chi connectivity index (χ4n) is 2.06. The molecular formula is C18H20N2O2. The minimum atomic E-state index is -0.273. The molecule has 0 saturated carbocycles. The molecule has 0 atom stereocenters. The predicted octanol–water partition coefficient (Wildman–Crippen LogP) is 3.67. The zero-order valence-corrected chi connectivity index (χ0v) is 13.0. The van der Waals surface area contributed by atoms with Crippen LogP contribution in [0.25, 0.3) is 0 Å². The fraction of sp³-hybridized carbons (Fsp3) is 0.222. The van der Waals surface area contributed by atoms with Gasteiger partial charge in [0.25, 0.3) is 5.91 Å². The maximum Gasteiger partial charge on any atom is 0.271 e. The summed E-state index contributed by atoms with van der Waals surface area (Å²) in [7, 11) is 0. The maximum absolute atomic E-state index is 12.1. The van der Waals surface area contributed by atoms with E-state index in [4.69, 9.17) is 0 Å². The first-order valence-electron chi connectivity index (χ1n) is 7.22. The van der Waals surface area contributed by atoms with Crippen LogP contribution in [0.5, 0.6) is 5.75 Å². The quantitative estimate of drug-likeness (QED) is 0.668. The molecular weight excluding hydrogens is 276 g/mol. The van der Waals surface area contributed by atoms with E-state index >= 15 is 0 Å². The van der Waals surface area contributed by atoms with Crippen molar-refractivity contribution in [3.8, 4) is 5.75 Å². The van der Waals surface area contributed by atoms with Crippen molar-refractivity contribution in [1.82, 2.24) is 5.43 Å². The summed E-state index contributed by atoms with van der Waals surface area (Å²) < 4.78 is 0. The van der Waals surface area contributed by atoms with Crippen molar-refractivity contribution in [3.05, 3.63) is 65.2 Å². The molecule has 4 heteroatoms. The SMILES string of the molecule is C/C(=N\NC(=O)c1ccc(C(C)C)cc1)c1ccccc1O. The Morgan fingerprint density at radius 1 is 1.09 bits per heavy atom. The van der Waals surface area contributed by atoms with Crippen LogP contribution in [0, 0.1) is 0 Å². The summed E-state index contributed by atoms with van der Waals surface area (Å²) in [4.78, 5) is 12.1. The number of hydrogen-bond donors (Lipinski definition) is 2. The van der Waals surface area contributed by atoms with Crippen molar-refractivity contribution in [2.45, 2.75) is 26.7 Å². The zero-order valence-electron chi connectivity index (χ0n) is 13.0. The van der Waals surface area contributed by atoms with Crippen LogP contribution in [0.4, 0.5) is 0 Å². The third-order valence-electron chi connectivity index (χ3n) is 3.46. The van der Waals surface area contributed by atoms with E-state index in [1.807, 2.05) is 12.1 Å². The normalized spacial score (nSPS) is 11.5. The number of nitrogens with one attached hydrogen (secondary N) is 1. The summed E-state index contributed by atoms with van der Waals surface area (Å²) in [6.07, 6.45) is 0. The molecule has 0 unspecified atom stereocenters. The minimum absolute atomic E-state index is 0.138. The van der Waals surface area contributed by atoms with Crippen molar-refractivity contribution in [2.24, 2.45) is 5.10 Å².